The average Bonchev–Trinajstić information content (AvgIpc) is 2.40. The summed E-state index contributed by atoms with van der Waals surface area (Å²) in [5.41, 5.74) is 2.62. The molecule has 0 aromatic heterocycles. The van der Waals surface area contributed by atoms with Crippen molar-refractivity contribution in [2.75, 3.05) is 32.1 Å². The van der Waals surface area contributed by atoms with Crippen LogP contribution in [0, 0.1) is 5.92 Å². The van der Waals surface area contributed by atoms with Gasteiger partial charge >= 0.3 is 0 Å². The molecule has 3 nitrogen and oxygen atoms in total. The van der Waals surface area contributed by atoms with E-state index in [0.29, 0.717) is 18.6 Å². The van der Waals surface area contributed by atoms with Gasteiger partial charge in [0.05, 0.1) is 6.61 Å². The van der Waals surface area contributed by atoms with Crippen molar-refractivity contribution in [1.82, 2.24) is 5.32 Å². The lowest BCUT2D eigenvalue weighted by Gasteiger charge is -2.39. The molecule has 3 heteroatoms. The zero-order valence-electron chi connectivity index (χ0n) is 11.6. The molecule has 1 saturated heterocycles. The van der Waals surface area contributed by atoms with Crippen LogP contribution in [-0.2, 0) is 11.3 Å². The second kappa shape index (κ2) is 6.21. The highest BCUT2D eigenvalue weighted by Gasteiger charge is 2.25. The van der Waals surface area contributed by atoms with Crippen molar-refractivity contribution in [3.8, 4) is 0 Å². The standard InChI is InChI=1S/C15H24N2O/c1-12-10-17(9-8-14(12)16-2)15-7-5-4-6-13(15)11-18-3/h4-7,12,14,16H,8-11H2,1-3H3. The Morgan fingerprint density at radius 1 is 1.39 bits per heavy atom. The van der Waals surface area contributed by atoms with Gasteiger partial charge in [-0.3, -0.25) is 0 Å². The lowest BCUT2D eigenvalue weighted by Crippen LogP contribution is -2.47. The Balaban J connectivity index is 2.12. The molecule has 1 aliphatic rings. The third-order valence-corrected chi connectivity index (χ3v) is 3.91. The van der Waals surface area contributed by atoms with Gasteiger partial charge in [-0.15, -0.1) is 0 Å². The van der Waals surface area contributed by atoms with Crippen molar-refractivity contribution in [1.29, 1.82) is 0 Å². The number of hydrogen-bond donors (Lipinski definition) is 1. The van der Waals surface area contributed by atoms with Crippen molar-refractivity contribution >= 4 is 5.69 Å². The van der Waals surface area contributed by atoms with E-state index in [2.05, 4.69) is 48.5 Å². The van der Waals surface area contributed by atoms with Crippen LogP contribution in [0.15, 0.2) is 24.3 Å². The van der Waals surface area contributed by atoms with E-state index >= 15 is 0 Å². The number of nitrogens with one attached hydrogen (secondary N) is 1. The molecule has 1 aromatic rings. The Hall–Kier alpha value is -1.06. The molecule has 0 amide bonds. The molecule has 0 bridgehead atoms. The molecular weight excluding hydrogens is 224 g/mol. The number of ether oxygens (including phenoxy) is 1. The van der Waals surface area contributed by atoms with Gasteiger partial charge in [-0.05, 0) is 25.5 Å². The predicted octanol–water partition coefficient (Wildman–Crippen LogP) is 2.27. The summed E-state index contributed by atoms with van der Waals surface area (Å²) in [7, 11) is 3.82. The molecule has 100 valence electrons. The maximum absolute atomic E-state index is 5.29. The van der Waals surface area contributed by atoms with Gasteiger partial charge in [-0.1, -0.05) is 25.1 Å². The van der Waals surface area contributed by atoms with Crippen LogP contribution in [0.1, 0.15) is 18.9 Å². The lowest BCUT2D eigenvalue weighted by atomic mass is 9.93. The summed E-state index contributed by atoms with van der Waals surface area (Å²) in [5, 5.41) is 3.41. The lowest BCUT2D eigenvalue weighted by molar-refractivity contribution is 0.185. The van der Waals surface area contributed by atoms with E-state index in [-0.39, 0.29) is 0 Å². The number of anilines is 1. The van der Waals surface area contributed by atoms with Crippen LogP contribution in [-0.4, -0.2) is 33.3 Å². The van der Waals surface area contributed by atoms with Gasteiger partial charge in [0.15, 0.2) is 0 Å². The van der Waals surface area contributed by atoms with Gasteiger partial charge in [0.1, 0.15) is 0 Å². The van der Waals surface area contributed by atoms with Crippen molar-refractivity contribution < 1.29 is 4.74 Å². The summed E-state index contributed by atoms with van der Waals surface area (Å²) >= 11 is 0. The second-order valence-corrected chi connectivity index (χ2v) is 5.17. The molecule has 0 aliphatic carbocycles. The van der Waals surface area contributed by atoms with Gasteiger partial charge in [-0.25, -0.2) is 0 Å². The number of benzene rings is 1. The molecule has 18 heavy (non-hydrogen) atoms. The minimum Gasteiger partial charge on any atom is -0.380 e. The Morgan fingerprint density at radius 3 is 2.83 bits per heavy atom. The maximum Gasteiger partial charge on any atom is 0.0733 e. The molecule has 0 saturated carbocycles. The molecule has 2 rings (SSSR count). The summed E-state index contributed by atoms with van der Waals surface area (Å²) in [4.78, 5) is 2.49. The first-order chi connectivity index (χ1) is 8.76. The van der Waals surface area contributed by atoms with Crippen molar-refractivity contribution in [3.05, 3.63) is 29.8 Å². The second-order valence-electron chi connectivity index (χ2n) is 5.17. The van der Waals surface area contributed by atoms with Crippen LogP contribution in [0.5, 0.6) is 0 Å². The number of hydrogen-bond acceptors (Lipinski definition) is 3. The van der Waals surface area contributed by atoms with Crippen LogP contribution in [0.4, 0.5) is 5.69 Å². The monoisotopic (exact) mass is 248 g/mol. The summed E-state index contributed by atoms with van der Waals surface area (Å²) in [6, 6.07) is 9.22. The Bertz CT molecular complexity index is 381. The predicted molar refractivity (Wildman–Crippen MR) is 76.0 cm³/mol. The first kappa shape index (κ1) is 13.4. The Morgan fingerprint density at radius 2 is 2.17 bits per heavy atom. The van der Waals surface area contributed by atoms with E-state index < -0.39 is 0 Å². The number of rotatable bonds is 4. The summed E-state index contributed by atoms with van der Waals surface area (Å²) in [5.74, 6) is 0.680. The summed E-state index contributed by atoms with van der Waals surface area (Å²) in [6.07, 6.45) is 1.21. The fourth-order valence-corrected chi connectivity index (χ4v) is 2.89. The largest absolute Gasteiger partial charge is 0.380 e. The fraction of sp³-hybridized carbons (Fsp3) is 0.600. The molecule has 1 heterocycles. The highest BCUT2D eigenvalue weighted by Crippen LogP contribution is 2.26. The third kappa shape index (κ3) is 2.85. The van der Waals surface area contributed by atoms with E-state index in [1.165, 1.54) is 17.7 Å². The first-order valence-electron chi connectivity index (χ1n) is 6.75. The van der Waals surface area contributed by atoms with Gasteiger partial charge in [0.25, 0.3) is 0 Å². The number of methoxy groups -OCH3 is 1. The van der Waals surface area contributed by atoms with Crippen molar-refractivity contribution in [3.63, 3.8) is 0 Å². The van der Waals surface area contributed by atoms with E-state index in [1.54, 1.807) is 7.11 Å². The number of piperidine rings is 1. The number of nitrogens with zero attached hydrogens (tertiary/aromatic N) is 1. The van der Waals surface area contributed by atoms with Crippen molar-refractivity contribution in [2.24, 2.45) is 5.92 Å². The van der Waals surface area contributed by atoms with Gasteiger partial charge in [0, 0.05) is 37.5 Å². The van der Waals surface area contributed by atoms with Crippen LogP contribution < -0.4 is 10.2 Å². The van der Waals surface area contributed by atoms with E-state index in [1.807, 2.05) is 0 Å². The van der Waals surface area contributed by atoms with E-state index in [0.717, 1.165) is 13.1 Å². The topological polar surface area (TPSA) is 24.5 Å². The third-order valence-electron chi connectivity index (χ3n) is 3.91. The molecule has 0 spiro atoms. The molecule has 2 atom stereocenters. The summed E-state index contributed by atoms with van der Waals surface area (Å²) < 4.78 is 5.29. The highest BCUT2D eigenvalue weighted by atomic mass is 16.5. The van der Waals surface area contributed by atoms with Gasteiger partial charge < -0.3 is 15.0 Å². The number of para-hydroxylation sites is 1. The van der Waals surface area contributed by atoms with Gasteiger partial charge in [-0.2, -0.15) is 0 Å². The van der Waals surface area contributed by atoms with Crippen LogP contribution in [0.25, 0.3) is 0 Å². The molecule has 1 N–H and O–H groups in total. The zero-order chi connectivity index (χ0) is 13.0. The first-order valence-corrected chi connectivity index (χ1v) is 6.75. The Labute approximate surface area is 110 Å². The smallest absolute Gasteiger partial charge is 0.0733 e. The molecule has 1 aliphatic heterocycles. The Kier molecular flexibility index (Phi) is 4.61. The molecule has 1 fully saturated rings. The SMILES string of the molecule is CNC1CCN(c2ccccc2COC)CC1C. The van der Waals surface area contributed by atoms with E-state index in [9.17, 15) is 0 Å². The maximum atomic E-state index is 5.29. The minimum atomic E-state index is 0.649. The van der Waals surface area contributed by atoms with Crippen LogP contribution >= 0.6 is 0 Å². The van der Waals surface area contributed by atoms with Gasteiger partial charge in [0.2, 0.25) is 0 Å². The quantitative estimate of drug-likeness (QED) is 0.884. The van der Waals surface area contributed by atoms with E-state index in [4.69, 9.17) is 4.74 Å². The molecule has 2 unspecified atom stereocenters. The molecular formula is C15H24N2O. The average molecular weight is 248 g/mol. The molecule has 1 aromatic carbocycles. The van der Waals surface area contributed by atoms with Crippen molar-refractivity contribution in [2.45, 2.75) is 26.0 Å². The summed E-state index contributed by atoms with van der Waals surface area (Å²) in [6.45, 7) is 5.26. The highest BCUT2D eigenvalue weighted by molar-refractivity contribution is 5.53. The minimum absolute atomic E-state index is 0.649. The zero-order valence-corrected chi connectivity index (χ0v) is 11.6. The molecule has 0 radical (unpaired) electrons. The fourth-order valence-electron chi connectivity index (χ4n) is 2.89. The van der Waals surface area contributed by atoms with Crippen LogP contribution in [0.2, 0.25) is 0 Å². The van der Waals surface area contributed by atoms with Crippen LogP contribution in [0.3, 0.4) is 0 Å². The normalized spacial score (nSPS) is 24.3.